The van der Waals surface area contributed by atoms with Crippen LogP contribution in [-0.4, -0.2) is 57.1 Å². The maximum absolute atomic E-state index is 12.1. The van der Waals surface area contributed by atoms with Gasteiger partial charge >= 0.3 is 6.03 Å². The molecule has 128 valence electrons. The van der Waals surface area contributed by atoms with Crippen molar-refractivity contribution in [2.45, 2.75) is 26.3 Å². The van der Waals surface area contributed by atoms with Crippen LogP contribution in [0.2, 0.25) is 0 Å². The molecule has 2 rings (SSSR count). The summed E-state index contributed by atoms with van der Waals surface area (Å²) >= 11 is 0. The molecule has 0 aromatic heterocycles. The van der Waals surface area contributed by atoms with Crippen LogP contribution in [0.3, 0.4) is 0 Å². The van der Waals surface area contributed by atoms with E-state index in [9.17, 15) is 13.2 Å². The lowest BCUT2D eigenvalue weighted by Crippen LogP contribution is -2.45. The van der Waals surface area contributed by atoms with E-state index in [4.69, 9.17) is 4.74 Å². The predicted molar refractivity (Wildman–Crippen MR) is 89.6 cm³/mol. The number of para-hydroxylation sites is 1. The maximum Gasteiger partial charge on any atom is 0.317 e. The van der Waals surface area contributed by atoms with Crippen molar-refractivity contribution in [2.24, 2.45) is 0 Å². The number of rotatable bonds is 5. The van der Waals surface area contributed by atoms with E-state index in [1.54, 1.807) is 7.05 Å². The number of aryl methyl sites for hydroxylation is 2. The molecule has 0 spiro atoms. The molecular formula is C16H24N2O4S. The van der Waals surface area contributed by atoms with Crippen LogP contribution in [0.25, 0.3) is 0 Å². The number of carbonyl (C=O) groups is 1. The third-order valence-electron chi connectivity index (χ3n) is 4.11. The highest BCUT2D eigenvalue weighted by molar-refractivity contribution is 7.91. The molecule has 0 aliphatic carbocycles. The van der Waals surface area contributed by atoms with E-state index in [2.05, 4.69) is 5.32 Å². The van der Waals surface area contributed by atoms with Crippen molar-refractivity contribution >= 4 is 15.9 Å². The monoisotopic (exact) mass is 340 g/mol. The Balaban J connectivity index is 1.77. The standard InChI is InChI=1S/C16H24N2O4S/c1-12-5-4-6-13(2)15(12)22-9-8-17-16(19)18(3)14-7-10-23(20,21)11-14/h4-6,14H,7-11H2,1-3H3,(H,17,19). The molecule has 1 saturated heterocycles. The summed E-state index contributed by atoms with van der Waals surface area (Å²) in [6.45, 7) is 4.70. The fourth-order valence-electron chi connectivity index (χ4n) is 2.71. The minimum absolute atomic E-state index is 0.0514. The van der Waals surface area contributed by atoms with Crippen molar-refractivity contribution in [3.8, 4) is 5.75 Å². The van der Waals surface area contributed by atoms with E-state index in [1.807, 2.05) is 32.0 Å². The number of nitrogens with one attached hydrogen (secondary N) is 1. The predicted octanol–water partition coefficient (Wildman–Crippen LogP) is 1.51. The second kappa shape index (κ2) is 7.21. The molecule has 7 heteroatoms. The highest BCUT2D eigenvalue weighted by Gasteiger charge is 2.32. The van der Waals surface area contributed by atoms with Crippen LogP contribution in [-0.2, 0) is 9.84 Å². The lowest BCUT2D eigenvalue weighted by molar-refractivity contribution is 0.192. The van der Waals surface area contributed by atoms with Gasteiger partial charge in [-0.25, -0.2) is 13.2 Å². The Kier molecular flexibility index (Phi) is 5.51. The fraction of sp³-hybridized carbons (Fsp3) is 0.562. The Hall–Kier alpha value is -1.76. The second-order valence-electron chi connectivity index (χ2n) is 5.97. The number of ether oxygens (including phenoxy) is 1. The normalized spacial score (nSPS) is 19.3. The van der Waals surface area contributed by atoms with Gasteiger partial charge in [0.2, 0.25) is 0 Å². The van der Waals surface area contributed by atoms with Crippen molar-refractivity contribution in [1.82, 2.24) is 10.2 Å². The van der Waals surface area contributed by atoms with Gasteiger partial charge in [0.15, 0.2) is 9.84 Å². The molecule has 1 atom stereocenters. The maximum atomic E-state index is 12.1. The van der Waals surface area contributed by atoms with E-state index in [-0.39, 0.29) is 23.6 Å². The molecule has 1 aliphatic rings. The lowest BCUT2D eigenvalue weighted by atomic mass is 10.1. The zero-order valence-corrected chi connectivity index (χ0v) is 14.6. The SMILES string of the molecule is Cc1cccc(C)c1OCCNC(=O)N(C)C1CCS(=O)(=O)C1. The van der Waals surface area contributed by atoms with Gasteiger partial charge in [0, 0.05) is 13.1 Å². The number of benzene rings is 1. The van der Waals surface area contributed by atoms with Crippen molar-refractivity contribution in [3.05, 3.63) is 29.3 Å². The van der Waals surface area contributed by atoms with Crippen LogP contribution in [0.5, 0.6) is 5.75 Å². The number of hydrogen-bond acceptors (Lipinski definition) is 4. The van der Waals surface area contributed by atoms with Gasteiger partial charge in [-0.3, -0.25) is 0 Å². The highest BCUT2D eigenvalue weighted by atomic mass is 32.2. The van der Waals surface area contributed by atoms with Crippen LogP contribution in [0.1, 0.15) is 17.5 Å². The van der Waals surface area contributed by atoms with Crippen molar-refractivity contribution in [1.29, 1.82) is 0 Å². The van der Waals surface area contributed by atoms with Crippen LogP contribution in [0.15, 0.2) is 18.2 Å². The summed E-state index contributed by atoms with van der Waals surface area (Å²) in [6, 6.07) is 5.44. The molecule has 1 aliphatic heterocycles. The van der Waals surface area contributed by atoms with E-state index in [1.165, 1.54) is 4.90 Å². The molecule has 0 bridgehead atoms. The molecule has 1 aromatic carbocycles. The topological polar surface area (TPSA) is 75.7 Å². The summed E-state index contributed by atoms with van der Waals surface area (Å²) in [4.78, 5) is 13.5. The molecule has 2 amide bonds. The van der Waals surface area contributed by atoms with Crippen LogP contribution in [0.4, 0.5) is 4.79 Å². The first kappa shape index (κ1) is 17.6. The molecule has 1 aromatic rings. The molecule has 0 saturated carbocycles. The molecule has 0 radical (unpaired) electrons. The quantitative estimate of drug-likeness (QED) is 0.825. The molecule has 1 fully saturated rings. The summed E-state index contributed by atoms with van der Waals surface area (Å²) < 4.78 is 28.7. The second-order valence-corrected chi connectivity index (χ2v) is 8.20. The van der Waals surface area contributed by atoms with Gasteiger partial charge in [-0.15, -0.1) is 0 Å². The molecule has 23 heavy (non-hydrogen) atoms. The van der Waals surface area contributed by atoms with E-state index in [0.29, 0.717) is 19.6 Å². The summed E-state index contributed by atoms with van der Waals surface area (Å²) in [5.41, 5.74) is 2.12. The van der Waals surface area contributed by atoms with Gasteiger partial charge < -0.3 is 15.0 Å². The minimum atomic E-state index is -2.99. The van der Waals surface area contributed by atoms with Crippen LogP contribution >= 0.6 is 0 Å². The Morgan fingerprint density at radius 1 is 1.35 bits per heavy atom. The summed E-state index contributed by atoms with van der Waals surface area (Å²) in [6.07, 6.45) is 0.505. The summed E-state index contributed by atoms with van der Waals surface area (Å²) in [7, 11) is -1.36. The average molecular weight is 340 g/mol. The Morgan fingerprint density at radius 3 is 2.57 bits per heavy atom. The first-order chi connectivity index (χ1) is 10.8. The largest absolute Gasteiger partial charge is 0.491 e. The third kappa shape index (κ3) is 4.60. The van der Waals surface area contributed by atoms with Crippen molar-refractivity contribution < 1.29 is 17.9 Å². The zero-order chi connectivity index (χ0) is 17.0. The van der Waals surface area contributed by atoms with Crippen LogP contribution in [0, 0.1) is 13.8 Å². The average Bonchev–Trinajstić information content (AvgIpc) is 2.85. The highest BCUT2D eigenvalue weighted by Crippen LogP contribution is 2.22. The van der Waals surface area contributed by atoms with Crippen molar-refractivity contribution in [2.75, 3.05) is 31.7 Å². The lowest BCUT2D eigenvalue weighted by Gasteiger charge is -2.23. The van der Waals surface area contributed by atoms with Gasteiger partial charge in [-0.05, 0) is 31.4 Å². The Morgan fingerprint density at radius 2 is 2.00 bits per heavy atom. The van der Waals surface area contributed by atoms with E-state index in [0.717, 1.165) is 16.9 Å². The summed E-state index contributed by atoms with van der Waals surface area (Å²) in [5, 5.41) is 2.76. The minimum Gasteiger partial charge on any atom is -0.491 e. The molecule has 1 N–H and O–H groups in total. The van der Waals surface area contributed by atoms with E-state index < -0.39 is 9.84 Å². The van der Waals surface area contributed by atoms with Crippen molar-refractivity contribution in [3.63, 3.8) is 0 Å². The number of sulfone groups is 1. The molecule has 1 heterocycles. The Bertz CT molecular complexity index is 652. The molecule has 1 unspecified atom stereocenters. The fourth-order valence-corrected chi connectivity index (χ4v) is 4.48. The van der Waals surface area contributed by atoms with Gasteiger partial charge in [0.05, 0.1) is 18.1 Å². The zero-order valence-electron chi connectivity index (χ0n) is 13.8. The summed E-state index contributed by atoms with van der Waals surface area (Å²) in [5.74, 6) is 1.05. The van der Waals surface area contributed by atoms with Crippen LogP contribution < -0.4 is 10.1 Å². The first-order valence-corrected chi connectivity index (χ1v) is 9.52. The smallest absolute Gasteiger partial charge is 0.317 e. The van der Waals surface area contributed by atoms with Gasteiger partial charge in [-0.2, -0.15) is 0 Å². The van der Waals surface area contributed by atoms with Gasteiger partial charge in [-0.1, -0.05) is 18.2 Å². The van der Waals surface area contributed by atoms with Gasteiger partial charge in [0.1, 0.15) is 12.4 Å². The number of hydrogen-bond donors (Lipinski definition) is 1. The first-order valence-electron chi connectivity index (χ1n) is 7.70. The number of urea groups is 1. The number of nitrogens with zero attached hydrogens (tertiary/aromatic N) is 1. The molecule has 6 nitrogen and oxygen atoms in total. The Labute approximate surface area is 137 Å². The molecular weight excluding hydrogens is 316 g/mol. The van der Waals surface area contributed by atoms with E-state index >= 15 is 0 Å². The van der Waals surface area contributed by atoms with Gasteiger partial charge in [0.25, 0.3) is 0 Å². The third-order valence-corrected chi connectivity index (χ3v) is 5.86. The number of amides is 2. The number of carbonyl (C=O) groups excluding carboxylic acids is 1.